The Morgan fingerprint density at radius 2 is 2.21 bits per heavy atom. The van der Waals surface area contributed by atoms with Crippen molar-refractivity contribution in [2.45, 2.75) is 44.7 Å². The lowest BCUT2D eigenvalue weighted by molar-refractivity contribution is 0.0910. The summed E-state index contributed by atoms with van der Waals surface area (Å²) in [5.74, 6) is -0.0267. The molecular weight excluding hydrogens is 238 g/mol. The highest BCUT2D eigenvalue weighted by atomic mass is 16.2. The minimum absolute atomic E-state index is 0.0267. The van der Waals surface area contributed by atoms with Crippen LogP contribution in [-0.2, 0) is 0 Å². The molecule has 0 bridgehead atoms. The molecule has 3 rings (SSSR count). The summed E-state index contributed by atoms with van der Waals surface area (Å²) >= 11 is 0. The fraction of sp³-hybridized carbons (Fsp3) is 0.600. The Hall–Kier alpha value is -1.42. The van der Waals surface area contributed by atoms with Crippen LogP contribution in [0.4, 0.5) is 0 Å². The summed E-state index contributed by atoms with van der Waals surface area (Å²) in [6, 6.07) is 6.43. The van der Waals surface area contributed by atoms with E-state index < -0.39 is 0 Å². The van der Waals surface area contributed by atoms with Crippen molar-refractivity contribution in [3.8, 4) is 0 Å². The molecule has 19 heavy (non-hydrogen) atoms. The molecule has 3 heterocycles. The molecule has 4 heteroatoms. The Labute approximate surface area is 114 Å². The average molecular weight is 259 g/mol. The number of piperidine rings is 1. The third kappa shape index (κ3) is 2.63. The van der Waals surface area contributed by atoms with Crippen molar-refractivity contribution < 1.29 is 4.79 Å². The summed E-state index contributed by atoms with van der Waals surface area (Å²) in [5.41, 5.74) is 1.42. The van der Waals surface area contributed by atoms with Crippen molar-refractivity contribution in [2.24, 2.45) is 0 Å². The minimum Gasteiger partial charge on any atom is -0.346 e. The number of aryl methyl sites for hydroxylation is 1. The maximum Gasteiger partial charge on any atom is 0.270 e. The topological polar surface area (TPSA) is 45.2 Å². The molecule has 2 atom stereocenters. The van der Waals surface area contributed by atoms with E-state index in [2.05, 4.69) is 15.2 Å². The monoisotopic (exact) mass is 259 g/mol. The van der Waals surface area contributed by atoms with Crippen molar-refractivity contribution in [3.63, 3.8) is 0 Å². The highest BCUT2D eigenvalue weighted by Gasteiger charge is 2.36. The number of carbonyl (C=O) groups is 1. The molecule has 1 N–H and O–H groups in total. The summed E-state index contributed by atoms with van der Waals surface area (Å²) in [7, 11) is 0. The van der Waals surface area contributed by atoms with Crippen molar-refractivity contribution in [3.05, 3.63) is 29.6 Å². The Morgan fingerprint density at radius 1 is 1.32 bits per heavy atom. The van der Waals surface area contributed by atoms with Gasteiger partial charge < -0.3 is 5.32 Å². The van der Waals surface area contributed by atoms with Gasteiger partial charge in [-0.3, -0.25) is 9.69 Å². The first-order valence-corrected chi connectivity index (χ1v) is 7.22. The van der Waals surface area contributed by atoms with Gasteiger partial charge in [0.25, 0.3) is 5.91 Å². The Kier molecular flexibility index (Phi) is 3.51. The molecule has 1 amide bonds. The van der Waals surface area contributed by atoms with Gasteiger partial charge in [0.1, 0.15) is 5.69 Å². The summed E-state index contributed by atoms with van der Waals surface area (Å²) < 4.78 is 0. The van der Waals surface area contributed by atoms with Gasteiger partial charge in [-0.1, -0.05) is 12.5 Å². The predicted octanol–water partition coefficient (Wildman–Crippen LogP) is 1.75. The second-order valence-corrected chi connectivity index (χ2v) is 5.63. The van der Waals surface area contributed by atoms with Gasteiger partial charge in [-0.15, -0.1) is 0 Å². The van der Waals surface area contributed by atoms with Gasteiger partial charge in [0.2, 0.25) is 0 Å². The molecule has 1 aromatic rings. The van der Waals surface area contributed by atoms with Crippen LogP contribution < -0.4 is 5.32 Å². The minimum atomic E-state index is -0.0267. The lowest BCUT2D eigenvalue weighted by atomic mass is 9.99. The number of aromatic nitrogens is 1. The number of rotatable bonds is 2. The predicted molar refractivity (Wildman–Crippen MR) is 74.1 cm³/mol. The van der Waals surface area contributed by atoms with Gasteiger partial charge in [-0.25, -0.2) is 4.98 Å². The molecule has 2 saturated heterocycles. The number of amides is 1. The van der Waals surface area contributed by atoms with Crippen LogP contribution >= 0.6 is 0 Å². The van der Waals surface area contributed by atoms with Crippen LogP contribution in [0.15, 0.2) is 18.2 Å². The van der Waals surface area contributed by atoms with Gasteiger partial charge in [0.05, 0.1) is 0 Å². The maximum atomic E-state index is 12.2. The quantitative estimate of drug-likeness (QED) is 0.880. The first kappa shape index (κ1) is 12.6. The molecule has 1 aromatic heterocycles. The number of carbonyl (C=O) groups excluding carboxylic acids is 1. The number of hydrogen-bond acceptors (Lipinski definition) is 3. The standard InChI is InChI=1S/C15H21N3O/c1-11-5-4-6-13(16-11)15(19)17-12-8-10-18-9-3-2-7-14(12)18/h4-6,12,14H,2-3,7-10H2,1H3,(H,17,19)/t12-,14-/m1/s1. The number of hydrogen-bond donors (Lipinski definition) is 1. The zero-order chi connectivity index (χ0) is 13.2. The largest absolute Gasteiger partial charge is 0.346 e. The summed E-state index contributed by atoms with van der Waals surface area (Å²) in [6.45, 7) is 4.23. The first-order chi connectivity index (χ1) is 9.24. The van der Waals surface area contributed by atoms with Crippen LogP contribution in [-0.4, -0.2) is 41.0 Å². The molecule has 2 fully saturated rings. The molecular formula is C15H21N3O. The first-order valence-electron chi connectivity index (χ1n) is 7.22. The summed E-state index contributed by atoms with van der Waals surface area (Å²) in [5, 5.41) is 3.18. The molecule has 4 nitrogen and oxygen atoms in total. The molecule has 2 aliphatic rings. The van der Waals surface area contributed by atoms with Crippen molar-refractivity contribution >= 4 is 5.91 Å². The zero-order valence-corrected chi connectivity index (χ0v) is 11.4. The van der Waals surface area contributed by atoms with Crippen LogP contribution in [0, 0.1) is 6.92 Å². The molecule has 0 spiro atoms. The van der Waals surface area contributed by atoms with E-state index in [-0.39, 0.29) is 5.91 Å². The molecule has 0 aliphatic carbocycles. The average Bonchev–Trinajstić information content (AvgIpc) is 2.82. The lowest BCUT2D eigenvalue weighted by Crippen LogP contribution is -2.46. The van der Waals surface area contributed by atoms with E-state index in [0.29, 0.717) is 17.8 Å². The molecule has 0 unspecified atom stereocenters. The van der Waals surface area contributed by atoms with Gasteiger partial charge in [0, 0.05) is 24.3 Å². The van der Waals surface area contributed by atoms with Crippen molar-refractivity contribution in [2.75, 3.05) is 13.1 Å². The molecule has 2 aliphatic heterocycles. The van der Waals surface area contributed by atoms with E-state index in [1.165, 1.54) is 25.8 Å². The Balaban J connectivity index is 1.66. The Morgan fingerprint density at radius 3 is 3.05 bits per heavy atom. The van der Waals surface area contributed by atoms with Gasteiger partial charge in [0.15, 0.2) is 0 Å². The van der Waals surface area contributed by atoms with Gasteiger partial charge in [-0.05, 0) is 44.9 Å². The summed E-state index contributed by atoms with van der Waals surface area (Å²) in [6.07, 6.45) is 4.88. The summed E-state index contributed by atoms with van der Waals surface area (Å²) in [4.78, 5) is 19.1. The molecule has 0 radical (unpaired) electrons. The van der Waals surface area contributed by atoms with Gasteiger partial charge in [-0.2, -0.15) is 0 Å². The van der Waals surface area contributed by atoms with Crippen LogP contribution in [0.1, 0.15) is 41.9 Å². The third-order valence-corrected chi connectivity index (χ3v) is 4.29. The Bertz CT molecular complexity index is 474. The van der Waals surface area contributed by atoms with Crippen LogP contribution in [0.3, 0.4) is 0 Å². The highest BCUT2D eigenvalue weighted by molar-refractivity contribution is 5.92. The number of nitrogens with zero attached hydrogens (tertiary/aromatic N) is 2. The van der Waals surface area contributed by atoms with E-state index in [1.807, 2.05) is 19.1 Å². The van der Waals surface area contributed by atoms with E-state index in [9.17, 15) is 4.79 Å². The van der Waals surface area contributed by atoms with E-state index in [1.54, 1.807) is 6.07 Å². The lowest BCUT2D eigenvalue weighted by Gasteiger charge is -2.32. The number of fused-ring (bicyclic) bond motifs is 1. The van der Waals surface area contributed by atoms with Crippen molar-refractivity contribution in [1.82, 2.24) is 15.2 Å². The normalized spacial score (nSPS) is 27.0. The van der Waals surface area contributed by atoms with E-state index >= 15 is 0 Å². The SMILES string of the molecule is Cc1cccc(C(=O)N[C@@H]2CCN3CCCC[C@H]23)n1. The number of nitrogens with one attached hydrogen (secondary N) is 1. The van der Waals surface area contributed by atoms with Crippen molar-refractivity contribution in [1.29, 1.82) is 0 Å². The van der Waals surface area contributed by atoms with Crippen LogP contribution in [0.2, 0.25) is 0 Å². The highest BCUT2D eigenvalue weighted by Crippen LogP contribution is 2.27. The zero-order valence-electron chi connectivity index (χ0n) is 11.4. The maximum absolute atomic E-state index is 12.2. The second-order valence-electron chi connectivity index (χ2n) is 5.63. The van der Waals surface area contributed by atoms with Gasteiger partial charge >= 0.3 is 0 Å². The molecule has 0 saturated carbocycles. The van der Waals surface area contributed by atoms with Crippen LogP contribution in [0.25, 0.3) is 0 Å². The second kappa shape index (κ2) is 5.29. The fourth-order valence-corrected chi connectivity index (χ4v) is 3.33. The molecule has 0 aromatic carbocycles. The third-order valence-electron chi connectivity index (χ3n) is 4.29. The smallest absolute Gasteiger partial charge is 0.270 e. The van der Waals surface area contributed by atoms with Crippen LogP contribution in [0.5, 0.6) is 0 Å². The van der Waals surface area contributed by atoms with E-state index in [0.717, 1.165) is 18.7 Å². The fourth-order valence-electron chi connectivity index (χ4n) is 3.33. The molecule has 102 valence electrons. The van der Waals surface area contributed by atoms with E-state index in [4.69, 9.17) is 0 Å². The number of pyridine rings is 1.